The van der Waals surface area contributed by atoms with E-state index in [4.69, 9.17) is 4.74 Å². The summed E-state index contributed by atoms with van der Waals surface area (Å²) in [7, 11) is 4.17. The maximum absolute atomic E-state index is 5.57. The van der Waals surface area contributed by atoms with Crippen molar-refractivity contribution in [2.45, 2.75) is 26.3 Å². The Hall–Kier alpha value is -1.06. The summed E-state index contributed by atoms with van der Waals surface area (Å²) >= 11 is 0. The van der Waals surface area contributed by atoms with Crippen LogP contribution in [0.3, 0.4) is 0 Å². The highest BCUT2D eigenvalue weighted by Gasteiger charge is 2.16. The fourth-order valence-electron chi connectivity index (χ4n) is 2.90. The summed E-state index contributed by atoms with van der Waals surface area (Å²) in [6.45, 7) is 6.08. The van der Waals surface area contributed by atoms with Crippen molar-refractivity contribution < 1.29 is 4.74 Å². The fraction of sp³-hybridized carbons (Fsp3) is 0.625. The van der Waals surface area contributed by atoms with Gasteiger partial charge in [-0.05, 0) is 49.9 Å². The summed E-state index contributed by atoms with van der Waals surface area (Å²) in [5.41, 5.74) is 4.04. The zero-order valence-electron chi connectivity index (χ0n) is 12.4. The summed E-state index contributed by atoms with van der Waals surface area (Å²) in [6, 6.07) is 6.73. The van der Waals surface area contributed by atoms with Crippen LogP contribution in [0.5, 0.6) is 0 Å². The molecule has 1 atom stereocenters. The first-order chi connectivity index (χ1) is 9.20. The monoisotopic (exact) mass is 262 g/mol. The van der Waals surface area contributed by atoms with E-state index in [1.807, 2.05) is 7.05 Å². The molecular formula is C16H26N2O. The van der Waals surface area contributed by atoms with E-state index in [0.717, 1.165) is 26.3 Å². The smallest absolute Gasteiger partial charge is 0.0511 e. The van der Waals surface area contributed by atoms with Gasteiger partial charge in [0.05, 0.1) is 6.61 Å². The third-order valence-corrected chi connectivity index (χ3v) is 3.84. The van der Waals surface area contributed by atoms with Gasteiger partial charge in [0.15, 0.2) is 0 Å². The number of anilines is 1. The van der Waals surface area contributed by atoms with Gasteiger partial charge in [-0.2, -0.15) is 0 Å². The third kappa shape index (κ3) is 3.95. The average Bonchev–Trinajstić information content (AvgIpc) is 2.40. The van der Waals surface area contributed by atoms with E-state index in [0.29, 0.717) is 5.92 Å². The van der Waals surface area contributed by atoms with Crippen molar-refractivity contribution in [2.75, 3.05) is 38.8 Å². The van der Waals surface area contributed by atoms with Crippen LogP contribution >= 0.6 is 0 Å². The van der Waals surface area contributed by atoms with Gasteiger partial charge in [0.2, 0.25) is 0 Å². The zero-order chi connectivity index (χ0) is 13.7. The maximum atomic E-state index is 5.57. The van der Waals surface area contributed by atoms with Crippen LogP contribution in [0.4, 0.5) is 5.69 Å². The van der Waals surface area contributed by atoms with E-state index in [9.17, 15) is 0 Å². The van der Waals surface area contributed by atoms with Crippen molar-refractivity contribution >= 4 is 5.69 Å². The van der Waals surface area contributed by atoms with Crippen molar-refractivity contribution in [2.24, 2.45) is 5.92 Å². The van der Waals surface area contributed by atoms with Crippen LogP contribution in [0.2, 0.25) is 0 Å². The number of hydrogen-bond acceptors (Lipinski definition) is 3. The van der Waals surface area contributed by atoms with E-state index >= 15 is 0 Å². The van der Waals surface area contributed by atoms with Crippen LogP contribution < -0.4 is 10.2 Å². The highest BCUT2D eigenvalue weighted by Crippen LogP contribution is 2.23. The van der Waals surface area contributed by atoms with Crippen molar-refractivity contribution in [3.05, 3.63) is 29.3 Å². The van der Waals surface area contributed by atoms with Crippen molar-refractivity contribution in [3.63, 3.8) is 0 Å². The standard InChI is InChI=1S/C16H26N2O/c1-13-9-14(10-17-2)6-7-16(13)18(3)11-15-5-4-8-19-12-15/h6-7,9,15,17H,4-5,8,10-12H2,1-3H3. The minimum absolute atomic E-state index is 0.676. The molecule has 1 fully saturated rings. The average molecular weight is 262 g/mol. The molecule has 0 saturated carbocycles. The number of nitrogens with one attached hydrogen (secondary N) is 1. The van der Waals surface area contributed by atoms with Crippen molar-refractivity contribution in [3.8, 4) is 0 Å². The van der Waals surface area contributed by atoms with Gasteiger partial charge in [0, 0.05) is 32.4 Å². The molecule has 106 valence electrons. The first-order valence-corrected chi connectivity index (χ1v) is 7.23. The Morgan fingerprint density at radius 2 is 2.26 bits per heavy atom. The summed E-state index contributed by atoms with van der Waals surface area (Å²) in [5, 5.41) is 3.20. The molecular weight excluding hydrogens is 236 g/mol. The lowest BCUT2D eigenvalue weighted by Gasteiger charge is -2.29. The number of aryl methyl sites for hydroxylation is 1. The lowest BCUT2D eigenvalue weighted by atomic mass is 10.0. The zero-order valence-corrected chi connectivity index (χ0v) is 12.4. The predicted octanol–water partition coefficient (Wildman–Crippen LogP) is 2.58. The van der Waals surface area contributed by atoms with Crippen LogP contribution in [0.25, 0.3) is 0 Å². The first-order valence-electron chi connectivity index (χ1n) is 7.23. The molecule has 0 amide bonds. The third-order valence-electron chi connectivity index (χ3n) is 3.84. The molecule has 1 aliphatic heterocycles. The van der Waals surface area contributed by atoms with Gasteiger partial charge in [0.1, 0.15) is 0 Å². The van der Waals surface area contributed by atoms with Gasteiger partial charge in [0.25, 0.3) is 0 Å². The molecule has 1 saturated heterocycles. The number of nitrogens with zero attached hydrogens (tertiary/aromatic N) is 1. The van der Waals surface area contributed by atoms with E-state index in [-0.39, 0.29) is 0 Å². The van der Waals surface area contributed by atoms with Crippen molar-refractivity contribution in [1.82, 2.24) is 5.32 Å². The highest BCUT2D eigenvalue weighted by molar-refractivity contribution is 5.54. The molecule has 1 aromatic carbocycles. The number of benzene rings is 1. The molecule has 3 nitrogen and oxygen atoms in total. The van der Waals surface area contributed by atoms with Crippen molar-refractivity contribution in [1.29, 1.82) is 0 Å². The molecule has 1 heterocycles. The molecule has 1 unspecified atom stereocenters. The lowest BCUT2D eigenvalue weighted by Crippen LogP contribution is -2.31. The summed E-state index contributed by atoms with van der Waals surface area (Å²) in [4.78, 5) is 2.37. The predicted molar refractivity (Wildman–Crippen MR) is 80.8 cm³/mol. The van der Waals surface area contributed by atoms with Crippen LogP contribution in [0.15, 0.2) is 18.2 Å². The summed E-state index contributed by atoms with van der Waals surface area (Å²) < 4.78 is 5.57. The van der Waals surface area contributed by atoms with E-state index in [1.165, 1.54) is 29.7 Å². The van der Waals surface area contributed by atoms with Gasteiger partial charge >= 0.3 is 0 Å². The Labute approximate surface area is 116 Å². The molecule has 0 bridgehead atoms. The second kappa shape index (κ2) is 6.92. The first kappa shape index (κ1) is 14.4. The van der Waals surface area contributed by atoms with Gasteiger partial charge in [-0.25, -0.2) is 0 Å². The minimum atomic E-state index is 0.676. The van der Waals surface area contributed by atoms with E-state index in [1.54, 1.807) is 0 Å². The Morgan fingerprint density at radius 1 is 1.42 bits per heavy atom. The van der Waals surface area contributed by atoms with Gasteiger partial charge < -0.3 is 15.0 Å². The Morgan fingerprint density at radius 3 is 2.89 bits per heavy atom. The van der Waals surface area contributed by atoms with Crippen LogP contribution in [0, 0.1) is 12.8 Å². The quantitative estimate of drug-likeness (QED) is 0.882. The molecule has 3 heteroatoms. The number of rotatable bonds is 5. The molecule has 2 rings (SSSR count). The van der Waals surface area contributed by atoms with Gasteiger partial charge in [-0.3, -0.25) is 0 Å². The Bertz CT molecular complexity index is 400. The van der Waals surface area contributed by atoms with E-state index in [2.05, 4.69) is 42.4 Å². The van der Waals surface area contributed by atoms with E-state index < -0.39 is 0 Å². The molecule has 0 spiro atoms. The molecule has 0 radical (unpaired) electrons. The van der Waals surface area contributed by atoms with Gasteiger partial charge in [-0.15, -0.1) is 0 Å². The van der Waals surface area contributed by atoms with Crippen LogP contribution in [0.1, 0.15) is 24.0 Å². The number of hydrogen-bond donors (Lipinski definition) is 1. The SMILES string of the molecule is CNCc1ccc(N(C)CC2CCCOC2)c(C)c1. The molecule has 1 aromatic rings. The molecule has 1 aliphatic rings. The molecule has 0 aromatic heterocycles. The number of ether oxygens (including phenoxy) is 1. The molecule has 19 heavy (non-hydrogen) atoms. The second-order valence-electron chi connectivity index (χ2n) is 5.61. The summed E-state index contributed by atoms with van der Waals surface area (Å²) in [6.07, 6.45) is 2.50. The largest absolute Gasteiger partial charge is 0.381 e. The molecule has 0 aliphatic carbocycles. The van der Waals surface area contributed by atoms with Gasteiger partial charge in [-0.1, -0.05) is 12.1 Å². The van der Waals surface area contributed by atoms with Crippen LogP contribution in [-0.4, -0.2) is 33.9 Å². The molecule has 1 N–H and O–H groups in total. The Kier molecular flexibility index (Phi) is 5.23. The fourth-order valence-corrected chi connectivity index (χ4v) is 2.90. The normalized spacial score (nSPS) is 19.4. The minimum Gasteiger partial charge on any atom is -0.381 e. The summed E-state index contributed by atoms with van der Waals surface area (Å²) in [5.74, 6) is 0.676. The Balaban J connectivity index is 1.99. The highest BCUT2D eigenvalue weighted by atomic mass is 16.5. The topological polar surface area (TPSA) is 24.5 Å². The maximum Gasteiger partial charge on any atom is 0.0511 e. The second-order valence-corrected chi connectivity index (χ2v) is 5.61. The lowest BCUT2D eigenvalue weighted by molar-refractivity contribution is 0.0576. The van der Waals surface area contributed by atoms with Crippen LogP contribution in [-0.2, 0) is 11.3 Å².